The van der Waals surface area contributed by atoms with Crippen LogP contribution in [0.5, 0.6) is 0 Å². The minimum Gasteiger partial charge on any atom is -0.508 e. The van der Waals surface area contributed by atoms with Gasteiger partial charge in [0, 0.05) is 0 Å². The Morgan fingerprint density at radius 3 is 2.92 bits per heavy atom. The lowest BCUT2D eigenvalue weighted by atomic mass is 9.98. The third-order valence-electron chi connectivity index (χ3n) is 2.01. The van der Waals surface area contributed by atoms with Gasteiger partial charge >= 0.3 is 0 Å². The molecule has 0 unspecified atom stereocenters. The van der Waals surface area contributed by atoms with Gasteiger partial charge in [-0.15, -0.1) is 0 Å². The molecule has 1 heteroatoms. The van der Waals surface area contributed by atoms with Crippen LogP contribution in [0.1, 0.15) is 6.42 Å². The fraction of sp³-hybridized carbons (Fsp3) is 0.0909. The fourth-order valence-electron chi connectivity index (χ4n) is 1.34. The topological polar surface area (TPSA) is 20.2 Å². The predicted octanol–water partition coefficient (Wildman–Crippen LogP) is 2.81. The molecule has 0 spiro atoms. The van der Waals surface area contributed by atoms with Gasteiger partial charge in [0.15, 0.2) is 0 Å². The van der Waals surface area contributed by atoms with E-state index in [1.54, 1.807) is 12.2 Å². The molecular formula is C11H10O. The first-order chi connectivity index (χ1) is 5.86. The zero-order valence-electron chi connectivity index (χ0n) is 6.70. The van der Waals surface area contributed by atoms with Crippen molar-refractivity contribution in [3.05, 3.63) is 59.4 Å². The summed E-state index contributed by atoms with van der Waals surface area (Å²) in [5.74, 6) is 0.317. The number of allylic oxidation sites excluding steroid dienone is 9. The van der Waals surface area contributed by atoms with Gasteiger partial charge in [0.25, 0.3) is 0 Å². The molecule has 60 valence electrons. The smallest absolute Gasteiger partial charge is 0.115 e. The Labute approximate surface area is 71.7 Å². The normalized spacial score (nSPS) is 20.5. The maximum Gasteiger partial charge on any atom is 0.115 e. The lowest BCUT2D eigenvalue weighted by Gasteiger charge is -2.07. The average Bonchev–Trinajstić information content (AvgIpc) is 2.29. The first-order valence-corrected chi connectivity index (χ1v) is 4.01. The molecule has 1 N–H and O–H groups in total. The molecule has 0 atom stereocenters. The molecule has 0 saturated carbocycles. The lowest BCUT2D eigenvalue weighted by molar-refractivity contribution is 0.433. The third kappa shape index (κ3) is 1.26. The fourth-order valence-corrected chi connectivity index (χ4v) is 1.34. The van der Waals surface area contributed by atoms with Crippen LogP contribution in [0, 0.1) is 0 Å². The van der Waals surface area contributed by atoms with E-state index in [1.165, 1.54) is 11.1 Å². The molecule has 0 aromatic carbocycles. The summed E-state index contributed by atoms with van der Waals surface area (Å²) in [7, 11) is 0. The molecule has 0 amide bonds. The van der Waals surface area contributed by atoms with Gasteiger partial charge in [-0.3, -0.25) is 0 Å². The van der Waals surface area contributed by atoms with E-state index in [0.29, 0.717) is 5.76 Å². The molecule has 0 heterocycles. The van der Waals surface area contributed by atoms with Crippen molar-refractivity contribution in [3.63, 3.8) is 0 Å². The van der Waals surface area contributed by atoms with Crippen molar-refractivity contribution < 1.29 is 5.11 Å². The van der Waals surface area contributed by atoms with E-state index < -0.39 is 0 Å². The van der Waals surface area contributed by atoms with E-state index in [2.05, 4.69) is 12.2 Å². The molecule has 12 heavy (non-hydrogen) atoms. The van der Waals surface area contributed by atoms with Crippen LogP contribution in [-0.2, 0) is 0 Å². The quantitative estimate of drug-likeness (QED) is 0.574. The van der Waals surface area contributed by atoms with Gasteiger partial charge in [-0.1, -0.05) is 30.4 Å². The van der Waals surface area contributed by atoms with Crippen molar-refractivity contribution in [2.45, 2.75) is 6.42 Å². The number of hydrogen-bond donors (Lipinski definition) is 1. The molecule has 0 aromatic rings. The number of hydrogen-bond acceptors (Lipinski definition) is 1. The SMILES string of the molecule is OC1=CC=C2CC=CC=C2C=C1. The summed E-state index contributed by atoms with van der Waals surface area (Å²) in [5.41, 5.74) is 2.45. The Bertz CT molecular complexity index is 338. The van der Waals surface area contributed by atoms with Gasteiger partial charge in [-0.25, -0.2) is 0 Å². The van der Waals surface area contributed by atoms with Crippen molar-refractivity contribution >= 4 is 0 Å². The van der Waals surface area contributed by atoms with Crippen LogP contribution in [-0.4, -0.2) is 5.11 Å². The second-order valence-corrected chi connectivity index (χ2v) is 2.87. The maximum absolute atomic E-state index is 9.22. The van der Waals surface area contributed by atoms with Gasteiger partial charge < -0.3 is 5.11 Å². The van der Waals surface area contributed by atoms with Crippen molar-refractivity contribution in [1.82, 2.24) is 0 Å². The number of aliphatic hydroxyl groups excluding tert-OH is 1. The first-order valence-electron chi connectivity index (χ1n) is 4.01. The minimum absolute atomic E-state index is 0.317. The number of aliphatic hydroxyl groups is 1. The van der Waals surface area contributed by atoms with E-state index in [0.717, 1.165) is 6.42 Å². The second-order valence-electron chi connectivity index (χ2n) is 2.87. The molecule has 0 radical (unpaired) electrons. The highest BCUT2D eigenvalue weighted by molar-refractivity contribution is 5.50. The van der Waals surface area contributed by atoms with Crippen LogP contribution in [0.3, 0.4) is 0 Å². The standard InChI is InChI=1S/C11H10O/c12-11-7-5-9-3-1-2-4-10(9)6-8-11/h1-3,5-8,12H,4H2. The Morgan fingerprint density at radius 1 is 1.08 bits per heavy atom. The number of fused-ring (bicyclic) bond motifs is 1. The predicted molar refractivity (Wildman–Crippen MR) is 49.8 cm³/mol. The Kier molecular flexibility index (Phi) is 1.71. The van der Waals surface area contributed by atoms with Gasteiger partial charge in [-0.05, 0) is 29.7 Å². The minimum atomic E-state index is 0.317. The van der Waals surface area contributed by atoms with Crippen molar-refractivity contribution in [2.24, 2.45) is 0 Å². The van der Waals surface area contributed by atoms with Crippen molar-refractivity contribution in [2.75, 3.05) is 0 Å². The highest BCUT2D eigenvalue weighted by Gasteiger charge is 2.04. The average molecular weight is 158 g/mol. The summed E-state index contributed by atoms with van der Waals surface area (Å²) >= 11 is 0. The van der Waals surface area contributed by atoms with Crippen LogP contribution in [0.4, 0.5) is 0 Å². The maximum atomic E-state index is 9.22. The summed E-state index contributed by atoms with van der Waals surface area (Å²) in [4.78, 5) is 0. The zero-order valence-corrected chi connectivity index (χ0v) is 6.70. The molecular weight excluding hydrogens is 148 g/mol. The molecule has 0 aromatic heterocycles. The summed E-state index contributed by atoms with van der Waals surface area (Å²) in [6, 6.07) is 0. The van der Waals surface area contributed by atoms with Crippen LogP contribution in [0.2, 0.25) is 0 Å². The van der Waals surface area contributed by atoms with E-state index in [1.807, 2.05) is 18.2 Å². The Morgan fingerprint density at radius 2 is 2.00 bits per heavy atom. The van der Waals surface area contributed by atoms with Crippen molar-refractivity contribution in [1.29, 1.82) is 0 Å². The summed E-state index contributed by atoms with van der Waals surface area (Å²) < 4.78 is 0. The van der Waals surface area contributed by atoms with Gasteiger partial charge in [0.1, 0.15) is 5.76 Å². The van der Waals surface area contributed by atoms with Gasteiger partial charge in [0.05, 0.1) is 0 Å². The van der Waals surface area contributed by atoms with Crippen LogP contribution >= 0.6 is 0 Å². The van der Waals surface area contributed by atoms with Crippen LogP contribution in [0.25, 0.3) is 0 Å². The number of rotatable bonds is 0. The van der Waals surface area contributed by atoms with Crippen molar-refractivity contribution in [3.8, 4) is 0 Å². The lowest BCUT2D eigenvalue weighted by Crippen LogP contribution is -1.88. The molecule has 0 fully saturated rings. The van der Waals surface area contributed by atoms with Gasteiger partial charge in [0.2, 0.25) is 0 Å². The highest BCUT2D eigenvalue weighted by atomic mass is 16.3. The summed E-state index contributed by atoms with van der Waals surface area (Å²) in [5, 5.41) is 9.22. The van der Waals surface area contributed by atoms with Gasteiger partial charge in [-0.2, -0.15) is 0 Å². The van der Waals surface area contributed by atoms with E-state index >= 15 is 0 Å². The first kappa shape index (κ1) is 7.17. The highest BCUT2D eigenvalue weighted by Crippen LogP contribution is 2.23. The third-order valence-corrected chi connectivity index (χ3v) is 2.01. The molecule has 0 bridgehead atoms. The monoisotopic (exact) mass is 158 g/mol. The van der Waals surface area contributed by atoms with Crippen LogP contribution < -0.4 is 0 Å². The molecule has 2 aliphatic rings. The van der Waals surface area contributed by atoms with E-state index in [4.69, 9.17) is 0 Å². The summed E-state index contributed by atoms with van der Waals surface area (Å²) in [6.07, 6.45) is 14.5. The second kappa shape index (κ2) is 2.86. The molecule has 2 rings (SSSR count). The van der Waals surface area contributed by atoms with E-state index in [9.17, 15) is 5.11 Å². The molecule has 2 aliphatic carbocycles. The molecule has 0 saturated heterocycles. The Balaban J connectivity index is 2.43. The zero-order chi connectivity index (χ0) is 8.39. The Hall–Kier alpha value is -1.50. The summed E-state index contributed by atoms with van der Waals surface area (Å²) in [6.45, 7) is 0. The molecule has 1 nitrogen and oxygen atoms in total. The largest absolute Gasteiger partial charge is 0.508 e. The molecule has 0 aliphatic heterocycles. The van der Waals surface area contributed by atoms with Crippen LogP contribution in [0.15, 0.2) is 59.4 Å². The van der Waals surface area contributed by atoms with E-state index in [-0.39, 0.29) is 0 Å².